The maximum Gasteiger partial charge on any atom is 0.162 e. The topological polar surface area (TPSA) is 82.3 Å². The van der Waals surface area contributed by atoms with Crippen molar-refractivity contribution in [2.45, 2.75) is 12.8 Å². The van der Waals surface area contributed by atoms with Gasteiger partial charge < -0.3 is 20.5 Å². The van der Waals surface area contributed by atoms with Gasteiger partial charge in [0, 0.05) is 18.0 Å². The van der Waals surface area contributed by atoms with E-state index in [4.69, 9.17) is 15.2 Å². The van der Waals surface area contributed by atoms with Crippen LogP contribution in [0.15, 0.2) is 18.5 Å². The summed E-state index contributed by atoms with van der Waals surface area (Å²) in [4.78, 5) is 8.55. The van der Waals surface area contributed by atoms with E-state index in [0.717, 1.165) is 36.1 Å². The number of unbranched alkanes of at least 4 members (excludes halogenated alkanes) is 1. The van der Waals surface area contributed by atoms with Crippen LogP contribution in [0.2, 0.25) is 0 Å². The number of benzene rings is 1. The molecule has 0 aliphatic heterocycles. The molecule has 1 aromatic carbocycles. The molecule has 1 heterocycles. The van der Waals surface area contributed by atoms with E-state index in [1.807, 2.05) is 12.1 Å². The first-order valence-corrected chi connectivity index (χ1v) is 6.60. The van der Waals surface area contributed by atoms with Crippen LogP contribution in [0.4, 0.5) is 5.82 Å². The maximum atomic E-state index is 5.48. The molecular formula is C14H20N4O2. The third kappa shape index (κ3) is 3.08. The smallest absolute Gasteiger partial charge is 0.162 e. The second-order valence-corrected chi connectivity index (χ2v) is 4.37. The lowest BCUT2D eigenvalue weighted by Gasteiger charge is -2.11. The average molecular weight is 276 g/mol. The van der Waals surface area contributed by atoms with Gasteiger partial charge in [0.2, 0.25) is 0 Å². The molecule has 0 bridgehead atoms. The Labute approximate surface area is 118 Å². The Balaban J connectivity index is 2.30. The molecule has 0 unspecified atom stereocenters. The Hall–Kier alpha value is -2.08. The van der Waals surface area contributed by atoms with E-state index in [9.17, 15) is 0 Å². The monoisotopic (exact) mass is 276 g/mol. The van der Waals surface area contributed by atoms with E-state index in [1.54, 1.807) is 20.5 Å². The van der Waals surface area contributed by atoms with Gasteiger partial charge in [-0.15, -0.1) is 0 Å². The van der Waals surface area contributed by atoms with Crippen molar-refractivity contribution >= 4 is 16.7 Å². The highest BCUT2D eigenvalue weighted by atomic mass is 16.5. The molecule has 0 spiro atoms. The largest absolute Gasteiger partial charge is 0.493 e. The van der Waals surface area contributed by atoms with Crippen molar-refractivity contribution in [3.8, 4) is 11.5 Å². The van der Waals surface area contributed by atoms with Crippen LogP contribution in [0.25, 0.3) is 10.9 Å². The van der Waals surface area contributed by atoms with Crippen molar-refractivity contribution in [1.82, 2.24) is 9.97 Å². The van der Waals surface area contributed by atoms with Gasteiger partial charge in [0.1, 0.15) is 12.1 Å². The first-order valence-electron chi connectivity index (χ1n) is 6.60. The van der Waals surface area contributed by atoms with E-state index in [0.29, 0.717) is 18.0 Å². The van der Waals surface area contributed by atoms with E-state index in [2.05, 4.69) is 15.3 Å². The van der Waals surface area contributed by atoms with Gasteiger partial charge in [-0.2, -0.15) is 0 Å². The zero-order chi connectivity index (χ0) is 14.4. The van der Waals surface area contributed by atoms with Crippen molar-refractivity contribution in [3.63, 3.8) is 0 Å². The summed E-state index contributed by atoms with van der Waals surface area (Å²) in [5.74, 6) is 2.13. The molecule has 2 rings (SSSR count). The number of nitrogens with two attached hydrogens (primary N) is 1. The predicted molar refractivity (Wildman–Crippen MR) is 79.4 cm³/mol. The molecule has 3 N–H and O–H groups in total. The molecule has 0 saturated heterocycles. The molecule has 0 aliphatic carbocycles. The first-order chi connectivity index (χ1) is 9.80. The van der Waals surface area contributed by atoms with Crippen LogP contribution in [-0.4, -0.2) is 37.3 Å². The number of nitrogens with zero attached hydrogens (tertiary/aromatic N) is 2. The molecule has 0 fully saturated rings. The highest BCUT2D eigenvalue weighted by molar-refractivity contribution is 5.91. The molecule has 1 aromatic heterocycles. The predicted octanol–water partition coefficient (Wildman–Crippen LogP) is 1.80. The lowest BCUT2D eigenvalue weighted by molar-refractivity contribution is 0.356. The van der Waals surface area contributed by atoms with Crippen LogP contribution in [0.5, 0.6) is 11.5 Å². The maximum absolute atomic E-state index is 5.48. The number of hydrogen-bond donors (Lipinski definition) is 2. The molecule has 20 heavy (non-hydrogen) atoms. The lowest BCUT2D eigenvalue weighted by Crippen LogP contribution is -2.07. The highest BCUT2D eigenvalue weighted by Crippen LogP contribution is 2.33. The fraction of sp³-hybridized carbons (Fsp3) is 0.429. The molecule has 0 amide bonds. The molecule has 0 saturated carbocycles. The third-order valence-electron chi connectivity index (χ3n) is 3.06. The minimum atomic E-state index is 0.660. The van der Waals surface area contributed by atoms with Gasteiger partial charge in [-0.05, 0) is 25.5 Å². The van der Waals surface area contributed by atoms with Crippen molar-refractivity contribution in [2.24, 2.45) is 5.73 Å². The summed E-state index contributed by atoms with van der Waals surface area (Å²) in [6.45, 7) is 1.54. The zero-order valence-electron chi connectivity index (χ0n) is 11.8. The highest BCUT2D eigenvalue weighted by Gasteiger charge is 2.10. The van der Waals surface area contributed by atoms with E-state index < -0.39 is 0 Å². The number of anilines is 1. The minimum absolute atomic E-state index is 0.660. The van der Waals surface area contributed by atoms with Gasteiger partial charge in [-0.3, -0.25) is 0 Å². The minimum Gasteiger partial charge on any atom is -0.493 e. The molecule has 6 heteroatoms. The van der Waals surface area contributed by atoms with Gasteiger partial charge in [-0.1, -0.05) is 0 Å². The fourth-order valence-electron chi connectivity index (χ4n) is 2.00. The number of nitrogens with one attached hydrogen (secondary N) is 1. The molecular weight excluding hydrogens is 256 g/mol. The summed E-state index contributed by atoms with van der Waals surface area (Å²) in [5, 5.41) is 4.22. The third-order valence-corrected chi connectivity index (χ3v) is 3.06. The number of hydrogen-bond acceptors (Lipinski definition) is 6. The zero-order valence-corrected chi connectivity index (χ0v) is 11.8. The Morgan fingerprint density at radius 3 is 2.55 bits per heavy atom. The Kier molecular flexibility index (Phi) is 4.95. The van der Waals surface area contributed by atoms with Crippen LogP contribution in [0.1, 0.15) is 12.8 Å². The molecule has 2 aromatic rings. The second kappa shape index (κ2) is 6.91. The summed E-state index contributed by atoms with van der Waals surface area (Å²) < 4.78 is 10.6. The van der Waals surface area contributed by atoms with Gasteiger partial charge in [0.15, 0.2) is 11.5 Å². The quantitative estimate of drug-likeness (QED) is 0.750. The van der Waals surface area contributed by atoms with Crippen molar-refractivity contribution < 1.29 is 9.47 Å². The van der Waals surface area contributed by atoms with E-state index >= 15 is 0 Å². The van der Waals surface area contributed by atoms with Crippen molar-refractivity contribution in [1.29, 1.82) is 0 Å². The van der Waals surface area contributed by atoms with Gasteiger partial charge in [-0.25, -0.2) is 9.97 Å². The number of ether oxygens (including phenoxy) is 2. The fourth-order valence-corrected chi connectivity index (χ4v) is 2.00. The second-order valence-electron chi connectivity index (χ2n) is 4.37. The van der Waals surface area contributed by atoms with Gasteiger partial charge >= 0.3 is 0 Å². The Morgan fingerprint density at radius 2 is 1.85 bits per heavy atom. The summed E-state index contributed by atoms with van der Waals surface area (Å²) in [7, 11) is 3.22. The van der Waals surface area contributed by atoms with Crippen LogP contribution in [0, 0.1) is 0 Å². The first kappa shape index (κ1) is 14.3. The lowest BCUT2D eigenvalue weighted by atomic mass is 10.2. The molecule has 0 atom stereocenters. The summed E-state index contributed by atoms with van der Waals surface area (Å²) in [5.41, 5.74) is 6.30. The van der Waals surface area contributed by atoms with Crippen LogP contribution < -0.4 is 20.5 Å². The number of rotatable bonds is 7. The summed E-state index contributed by atoms with van der Waals surface area (Å²) in [6.07, 6.45) is 3.54. The number of fused-ring (bicyclic) bond motifs is 1. The number of methoxy groups -OCH3 is 2. The molecule has 0 aliphatic rings. The van der Waals surface area contributed by atoms with E-state index in [-0.39, 0.29) is 0 Å². The number of aromatic nitrogens is 2. The van der Waals surface area contributed by atoms with Crippen LogP contribution in [-0.2, 0) is 0 Å². The normalized spacial score (nSPS) is 10.6. The van der Waals surface area contributed by atoms with Crippen LogP contribution in [0.3, 0.4) is 0 Å². The van der Waals surface area contributed by atoms with Gasteiger partial charge in [0.05, 0.1) is 19.7 Å². The Morgan fingerprint density at radius 1 is 1.10 bits per heavy atom. The SMILES string of the molecule is COc1cc2ncnc(NCCCCN)c2cc1OC. The van der Waals surface area contributed by atoms with Crippen LogP contribution >= 0.6 is 0 Å². The van der Waals surface area contributed by atoms with E-state index in [1.165, 1.54) is 0 Å². The van der Waals surface area contributed by atoms with Gasteiger partial charge in [0.25, 0.3) is 0 Å². The molecule has 108 valence electrons. The molecule has 0 radical (unpaired) electrons. The van der Waals surface area contributed by atoms with Crippen molar-refractivity contribution in [3.05, 3.63) is 18.5 Å². The van der Waals surface area contributed by atoms with Crippen molar-refractivity contribution in [2.75, 3.05) is 32.6 Å². The Bertz CT molecular complexity index is 574. The molecule has 6 nitrogen and oxygen atoms in total. The summed E-state index contributed by atoms with van der Waals surface area (Å²) in [6, 6.07) is 3.74. The standard InChI is InChI=1S/C14H20N4O2/c1-19-12-7-10-11(8-13(12)20-2)17-9-18-14(10)16-6-4-3-5-15/h7-9H,3-6,15H2,1-2H3,(H,16,17,18). The summed E-state index contributed by atoms with van der Waals surface area (Å²) >= 11 is 0. The average Bonchev–Trinajstić information content (AvgIpc) is 2.50.